The Bertz CT molecular complexity index is 636. The van der Waals surface area contributed by atoms with Crippen molar-refractivity contribution < 1.29 is 4.79 Å². The lowest BCUT2D eigenvalue weighted by molar-refractivity contribution is 0.221. The molecule has 0 saturated carbocycles. The Morgan fingerprint density at radius 2 is 2.00 bits per heavy atom. The average Bonchev–Trinajstić information content (AvgIpc) is 3.09. The summed E-state index contributed by atoms with van der Waals surface area (Å²) < 4.78 is 0. The standard InChI is InChI=1S/C19H25N3OS/c23-19(20-10-9-18-8-5-13-24-18)21-17-7-4-6-16(14-17)15-22-11-2-1-3-12-22/h4-8,13-14H,1-3,9-12,15H2,(H2,20,21,23). The van der Waals surface area contributed by atoms with Gasteiger partial charge < -0.3 is 10.6 Å². The van der Waals surface area contributed by atoms with Crippen molar-refractivity contribution in [2.75, 3.05) is 25.0 Å². The maximum atomic E-state index is 12.0. The fourth-order valence-electron chi connectivity index (χ4n) is 3.05. The van der Waals surface area contributed by atoms with E-state index >= 15 is 0 Å². The van der Waals surface area contributed by atoms with Crippen molar-refractivity contribution in [2.24, 2.45) is 0 Å². The third-order valence-electron chi connectivity index (χ3n) is 4.28. The van der Waals surface area contributed by atoms with Crippen molar-refractivity contribution in [3.8, 4) is 0 Å². The molecule has 1 aliphatic rings. The lowest BCUT2D eigenvalue weighted by Gasteiger charge is -2.26. The van der Waals surface area contributed by atoms with Gasteiger partial charge in [0.15, 0.2) is 0 Å². The fourth-order valence-corrected chi connectivity index (χ4v) is 3.76. The normalized spacial score (nSPS) is 15.2. The lowest BCUT2D eigenvalue weighted by Crippen LogP contribution is -2.30. The minimum Gasteiger partial charge on any atom is -0.338 e. The minimum absolute atomic E-state index is 0.137. The SMILES string of the molecule is O=C(NCCc1cccs1)Nc1cccc(CN2CCCCC2)c1. The molecule has 1 fully saturated rings. The molecular formula is C19H25N3OS. The van der Waals surface area contributed by atoms with Crippen molar-refractivity contribution in [3.05, 3.63) is 52.2 Å². The lowest BCUT2D eigenvalue weighted by atomic mass is 10.1. The maximum absolute atomic E-state index is 12.0. The van der Waals surface area contributed by atoms with E-state index in [1.165, 1.54) is 42.8 Å². The Labute approximate surface area is 147 Å². The van der Waals surface area contributed by atoms with Gasteiger partial charge in [-0.1, -0.05) is 24.6 Å². The highest BCUT2D eigenvalue weighted by Gasteiger charge is 2.10. The molecule has 128 valence electrons. The van der Waals surface area contributed by atoms with Gasteiger partial charge in [-0.05, 0) is 61.5 Å². The highest BCUT2D eigenvalue weighted by atomic mass is 32.1. The summed E-state index contributed by atoms with van der Waals surface area (Å²) in [6.45, 7) is 3.98. The number of urea groups is 1. The van der Waals surface area contributed by atoms with Gasteiger partial charge in [-0.2, -0.15) is 0 Å². The van der Waals surface area contributed by atoms with E-state index in [1.54, 1.807) is 11.3 Å². The maximum Gasteiger partial charge on any atom is 0.319 e. The molecule has 0 unspecified atom stereocenters. The molecule has 2 amide bonds. The number of benzene rings is 1. The van der Waals surface area contributed by atoms with Crippen LogP contribution in [0.4, 0.5) is 10.5 Å². The molecule has 0 atom stereocenters. The Balaban J connectivity index is 1.45. The van der Waals surface area contributed by atoms with Gasteiger partial charge in [0.2, 0.25) is 0 Å². The van der Waals surface area contributed by atoms with Gasteiger partial charge in [0, 0.05) is 23.7 Å². The van der Waals surface area contributed by atoms with Gasteiger partial charge in [0.1, 0.15) is 0 Å². The number of carbonyl (C=O) groups is 1. The second-order valence-electron chi connectivity index (χ2n) is 6.25. The van der Waals surface area contributed by atoms with Crippen molar-refractivity contribution in [3.63, 3.8) is 0 Å². The molecule has 2 heterocycles. The molecule has 0 radical (unpaired) electrons. The van der Waals surface area contributed by atoms with E-state index in [9.17, 15) is 4.79 Å². The molecule has 1 saturated heterocycles. The van der Waals surface area contributed by atoms with Gasteiger partial charge >= 0.3 is 6.03 Å². The Hall–Kier alpha value is -1.85. The van der Waals surface area contributed by atoms with Crippen LogP contribution in [0, 0.1) is 0 Å². The first kappa shape index (κ1) is 17.0. The zero-order valence-corrected chi connectivity index (χ0v) is 14.8. The monoisotopic (exact) mass is 343 g/mol. The van der Waals surface area contributed by atoms with E-state index in [2.05, 4.69) is 39.1 Å². The highest BCUT2D eigenvalue weighted by molar-refractivity contribution is 7.09. The largest absolute Gasteiger partial charge is 0.338 e. The van der Waals surface area contributed by atoms with Crippen molar-refractivity contribution >= 4 is 23.1 Å². The van der Waals surface area contributed by atoms with Crippen LogP contribution in [0.5, 0.6) is 0 Å². The molecule has 4 nitrogen and oxygen atoms in total. The predicted octanol–water partition coefficient (Wildman–Crippen LogP) is 4.10. The van der Waals surface area contributed by atoms with Gasteiger partial charge in [0.25, 0.3) is 0 Å². The van der Waals surface area contributed by atoms with Crippen LogP contribution in [0.15, 0.2) is 41.8 Å². The molecule has 1 aliphatic heterocycles. The first-order chi connectivity index (χ1) is 11.8. The number of amides is 2. The molecule has 1 aromatic heterocycles. The molecule has 24 heavy (non-hydrogen) atoms. The number of rotatable bonds is 6. The second kappa shape index (κ2) is 8.85. The van der Waals surface area contributed by atoms with Crippen LogP contribution in [0.2, 0.25) is 0 Å². The molecule has 0 aliphatic carbocycles. The van der Waals surface area contributed by atoms with Crippen LogP contribution >= 0.6 is 11.3 Å². The van der Waals surface area contributed by atoms with E-state index in [0.29, 0.717) is 6.54 Å². The highest BCUT2D eigenvalue weighted by Crippen LogP contribution is 2.16. The molecule has 3 rings (SSSR count). The number of piperidine rings is 1. The van der Waals surface area contributed by atoms with Crippen LogP contribution in [0.1, 0.15) is 29.7 Å². The average molecular weight is 343 g/mol. The summed E-state index contributed by atoms with van der Waals surface area (Å²) in [4.78, 5) is 15.8. The number of nitrogens with zero attached hydrogens (tertiary/aromatic N) is 1. The summed E-state index contributed by atoms with van der Waals surface area (Å²) in [5.74, 6) is 0. The van der Waals surface area contributed by atoms with Crippen LogP contribution in [0.3, 0.4) is 0 Å². The molecule has 2 aromatic rings. The predicted molar refractivity (Wildman–Crippen MR) is 101 cm³/mol. The Kier molecular flexibility index (Phi) is 6.26. The first-order valence-corrected chi connectivity index (χ1v) is 9.56. The fraction of sp³-hybridized carbons (Fsp3) is 0.421. The molecule has 1 aromatic carbocycles. The van der Waals surface area contributed by atoms with Gasteiger partial charge in [-0.3, -0.25) is 4.90 Å². The van der Waals surface area contributed by atoms with E-state index < -0.39 is 0 Å². The third-order valence-corrected chi connectivity index (χ3v) is 5.21. The van der Waals surface area contributed by atoms with E-state index in [4.69, 9.17) is 0 Å². The van der Waals surface area contributed by atoms with Gasteiger partial charge in [-0.25, -0.2) is 4.79 Å². The topological polar surface area (TPSA) is 44.4 Å². The Morgan fingerprint density at radius 1 is 1.12 bits per heavy atom. The number of carbonyl (C=O) groups excluding carboxylic acids is 1. The third kappa shape index (κ3) is 5.35. The first-order valence-electron chi connectivity index (χ1n) is 8.68. The zero-order valence-electron chi connectivity index (χ0n) is 14.0. The molecular weight excluding hydrogens is 318 g/mol. The van der Waals surface area contributed by atoms with Crippen molar-refractivity contribution in [1.82, 2.24) is 10.2 Å². The second-order valence-corrected chi connectivity index (χ2v) is 7.28. The molecule has 5 heteroatoms. The molecule has 0 spiro atoms. The Morgan fingerprint density at radius 3 is 2.79 bits per heavy atom. The molecule has 2 N–H and O–H groups in total. The number of likely N-dealkylation sites (tertiary alicyclic amines) is 1. The van der Waals surface area contributed by atoms with Crippen molar-refractivity contribution in [1.29, 1.82) is 0 Å². The van der Waals surface area contributed by atoms with Gasteiger partial charge in [0.05, 0.1) is 0 Å². The van der Waals surface area contributed by atoms with Gasteiger partial charge in [-0.15, -0.1) is 11.3 Å². The van der Waals surface area contributed by atoms with E-state index in [0.717, 1.165) is 18.7 Å². The van der Waals surface area contributed by atoms with Crippen LogP contribution in [0.25, 0.3) is 0 Å². The summed E-state index contributed by atoms with van der Waals surface area (Å²) in [5, 5.41) is 7.91. The summed E-state index contributed by atoms with van der Waals surface area (Å²) in [6.07, 6.45) is 4.82. The van der Waals surface area contributed by atoms with Crippen LogP contribution in [-0.4, -0.2) is 30.6 Å². The number of nitrogens with one attached hydrogen (secondary N) is 2. The van der Waals surface area contributed by atoms with Crippen LogP contribution < -0.4 is 10.6 Å². The smallest absolute Gasteiger partial charge is 0.319 e. The van der Waals surface area contributed by atoms with E-state index in [-0.39, 0.29) is 6.03 Å². The quantitative estimate of drug-likeness (QED) is 0.829. The summed E-state index contributed by atoms with van der Waals surface area (Å²) in [7, 11) is 0. The summed E-state index contributed by atoms with van der Waals surface area (Å²) in [6, 6.07) is 12.2. The van der Waals surface area contributed by atoms with Crippen molar-refractivity contribution in [2.45, 2.75) is 32.2 Å². The van der Waals surface area contributed by atoms with Crippen LogP contribution in [-0.2, 0) is 13.0 Å². The summed E-state index contributed by atoms with van der Waals surface area (Å²) >= 11 is 1.72. The number of thiophene rings is 1. The number of hydrogen-bond acceptors (Lipinski definition) is 3. The minimum atomic E-state index is -0.137. The number of hydrogen-bond donors (Lipinski definition) is 2. The molecule has 0 bridgehead atoms. The zero-order chi connectivity index (χ0) is 16.6. The summed E-state index contributed by atoms with van der Waals surface area (Å²) in [5.41, 5.74) is 2.12. The number of anilines is 1. The van der Waals surface area contributed by atoms with E-state index in [1.807, 2.05) is 18.2 Å².